The Morgan fingerprint density at radius 3 is 2.67 bits per heavy atom. The van der Waals surface area contributed by atoms with E-state index in [4.69, 9.17) is 0 Å². The highest BCUT2D eigenvalue weighted by Gasteiger charge is 2.14. The third-order valence-corrected chi connectivity index (χ3v) is 6.11. The van der Waals surface area contributed by atoms with E-state index in [9.17, 15) is 4.79 Å². The molecule has 0 atom stereocenters. The summed E-state index contributed by atoms with van der Waals surface area (Å²) in [5.74, 6) is 0. The maximum atomic E-state index is 10.9. The van der Waals surface area contributed by atoms with Gasteiger partial charge in [-0.05, 0) is 31.2 Å². The molecule has 4 aromatic rings. The lowest BCUT2D eigenvalue weighted by molar-refractivity contribution is 0.112. The van der Waals surface area contributed by atoms with Crippen LogP contribution in [-0.2, 0) is 6.54 Å². The minimum Gasteiger partial charge on any atom is -0.332 e. The van der Waals surface area contributed by atoms with Crippen LogP contribution in [0.4, 0.5) is 0 Å². The summed E-state index contributed by atoms with van der Waals surface area (Å²) in [6.45, 7) is 3.15. The van der Waals surface area contributed by atoms with Crippen molar-refractivity contribution in [3.05, 3.63) is 47.3 Å². The van der Waals surface area contributed by atoms with Gasteiger partial charge in [0.1, 0.15) is 4.83 Å². The quantitative estimate of drug-likeness (QED) is 0.463. The maximum Gasteiger partial charge on any atom is 0.160 e. The molecule has 0 unspecified atom stereocenters. The van der Waals surface area contributed by atoms with E-state index in [-0.39, 0.29) is 0 Å². The molecule has 3 aromatic heterocycles. The third kappa shape index (κ3) is 1.87. The van der Waals surface area contributed by atoms with Crippen molar-refractivity contribution in [2.75, 3.05) is 0 Å². The van der Waals surface area contributed by atoms with Crippen molar-refractivity contribution in [1.82, 2.24) is 4.57 Å². The Bertz CT molecular complexity index is 958. The molecule has 0 saturated heterocycles. The Labute approximate surface area is 130 Å². The van der Waals surface area contributed by atoms with Gasteiger partial charge in [0.15, 0.2) is 6.29 Å². The molecule has 4 rings (SSSR count). The number of rotatable bonds is 3. The van der Waals surface area contributed by atoms with E-state index in [0.717, 1.165) is 17.7 Å². The van der Waals surface area contributed by atoms with Gasteiger partial charge in [0.2, 0.25) is 0 Å². The Kier molecular flexibility index (Phi) is 2.94. The number of aryl methyl sites for hydroxylation is 1. The molecule has 0 aliphatic carbocycles. The summed E-state index contributed by atoms with van der Waals surface area (Å²) in [4.78, 5) is 15.4. The Morgan fingerprint density at radius 1 is 1.05 bits per heavy atom. The number of aromatic nitrogens is 1. The fourth-order valence-electron chi connectivity index (χ4n) is 2.81. The molecule has 21 heavy (non-hydrogen) atoms. The zero-order valence-corrected chi connectivity index (χ0v) is 13.1. The highest BCUT2D eigenvalue weighted by Crippen LogP contribution is 2.41. The summed E-state index contributed by atoms with van der Waals surface area (Å²) in [6, 6.07) is 14.7. The standard InChI is InChI=1S/C17H13NOS2/c1-2-18-14-6-4-3-5-12(14)13-9-16(21-17(13)18)15-8-7-11(10-19)20-15/h3-10H,2H2,1H3. The van der Waals surface area contributed by atoms with Crippen LogP contribution in [0.3, 0.4) is 0 Å². The van der Waals surface area contributed by atoms with Crippen LogP contribution in [0.15, 0.2) is 42.5 Å². The second-order valence-corrected chi connectivity index (χ2v) is 7.06. The summed E-state index contributed by atoms with van der Waals surface area (Å²) in [7, 11) is 0. The van der Waals surface area contributed by atoms with Crippen molar-refractivity contribution in [3.8, 4) is 9.75 Å². The van der Waals surface area contributed by atoms with Gasteiger partial charge in [-0.2, -0.15) is 0 Å². The molecule has 3 heterocycles. The van der Waals surface area contributed by atoms with Gasteiger partial charge < -0.3 is 4.57 Å². The summed E-state index contributed by atoms with van der Waals surface area (Å²) in [5.41, 5.74) is 1.30. The highest BCUT2D eigenvalue weighted by molar-refractivity contribution is 7.26. The van der Waals surface area contributed by atoms with Gasteiger partial charge in [0, 0.05) is 32.6 Å². The highest BCUT2D eigenvalue weighted by atomic mass is 32.1. The average Bonchev–Trinajstić information content (AvgIpc) is 3.20. The number of fused-ring (bicyclic) bond motifs is 3. The van der Waals surface area contributed by atoms with Crippen LogP contribution in [-0.4, -0.2) is 10.9 Å². The van der Waals surface area contributed by atoms with E-state index in [2.05, 4.69) is 41.8 Å². The molecule has 0 N–H and O–H groups in total. The number of carbonyl (C=O) groups is 1. The number of thiophene rings is 2. The lowest BCUT2D eigenvalue weighted by Crippen LogP contribution is -1.90. The molecular weight excluding hydrogens is 298 g/mol. The molecule has 0 aliphatic heterocycles. The van der Waals surface area contributed by atoms with Crippen LogP contribution in [0.2, 0.25) is 0 Å². The third-order valence-electron chi connectivity index (χ3n) is 3.74. The van der Waals surface area contributed by atoms with Crippen molar-refractivity contribution >= 4 is 50.1 Å². The largest absolute Gasteiger partial charge is 0.332 e. The van der Waals surface area contributed by atoms with Crippen molar-refractivity contribution in [2.24, 2.45) is 0 Å². The number of benzene rings is 1. The van der Waals surface area contributed by atoms with Crippen molar-refractivity contribution in [1.29, 1.82) is 0 Å². The van der Waals surface area contributed by atoms with Crippen molar-refractivity contribution < 1.29 is 4.79 Å². The minimum absolute atomic E-state index is 0.784. The van der Waals surface area contributed by atoms with Crippen LogP contribution in [0.1, 0.15) is 16.6 Å². The van der Waals surface area contributed by atoms with Gasteiger partial charge in [-0.15, -0.1) is 22.7 Å². The van der Waals surface area contributed by atoms with Crippen LogP contribution in [0.5, 0.6) is 0 Å². The lowest BCUT2D eigenvalue weighted by Gasteiger charge is -2.01. The van der Waals surface area contributed by atoms with Crippen molar-refractivity contribution in [2.45, 2.75) is 13.5 Å². The predicted molar refractivity (Wildman–Crippen MR) is 91.7 cm³/mol. The summed E-state index contributed by atoms with van der Waals surface area (Å²) < 4.78 is 2.37. The van der Waals surface area contributed by atoms with E-state index in [1.165, 1.54) is 30.9 Å². The Hall–Kier alpha value is -1.91. The summed E-state index contributed by atoms with van der Waals surface area (Å²) in [5, 5.41) is 2.62. The molecule has 0 amide bonds. The monoisotopic (exact) mass is 311 g/mol. The van der Waals surface area contributed by atoms with Crippen LogP contribution >= 0.6 is 22.7 Å². The number of aldehydes is 1. The number of hydrogen-bond acceptors (Lipinski definition) is 3. The molecular formula is C17H13NOS2. The van der Waals surface area contributed by atoms with Crippen LogP contribution in [0, 0.1) is 0 Å². The minimum atomic E-state index is 0.784. The first-order valence-electron chi connectivity index (χ1n) is 6.88. The van der Waals surface area contributed by atoms with Crippen molar-refractivity contribution in [3.63, 3.8) is 0 Å². The van der Waals surface area contributed by atoms with E-state index in [0.29, 0.717) is 0 Å². The fourth-order valence-corrected chi connectivity index (χ4v) is 4.96. The molecule has 0 radical (unpaired) electrons. The van der Waals surface area contributed by atoms with E-state index in [1.54, 1.807) is 11.3 Å². The lowest BCUT2D eigenvalue weighted by atomic mass is 10.2. The SMILES string of the molecule is CCn1c2ccccc2c2cc(-c3ccc(C=O)s3)sc21. The first-order valence-corrected chi connectivity index (χ1v) is 8.51. The Morgan fingerprint density at radius 2 is 1.90 bits per heavy atom. The predicted octanol–water partition coefficient (Wildman–Crippen LogP) is 5.42. The van der Waals surface area contributed by atoms with Gasteiger partial charge in [-0.3, -0.25) is 4.79 Å². The first-order chi connectivity index (χ1) is 10.3. The number of carbonyl (C=O) groups excluding carboxylic acids is 1. The second kappa shape index (κ2) is 4.83. The van der Waals surface area contributed by atoms with Gasteiger partial charge in [0.25, 0.3) is 0 Å². The zero-order chi connectivity index (χ0) is 14.4. The number of hydrogen-bond donors (Lipinski definition) is 0. The van der Waals surface area contributed by atoms with Gasteiger partial charge in [-0.1, -0.05) is 18.2 Å². The molecule has 0 saturated carbocycles. The molecule has 2 nitrogen and oxygen atoms in total. The molecule has 0 spiro atoms. The van der Waals surface area contributed by atoms with Crippen LogP contribution < -0.4 is 0 Å². The first kappa shape index (κ1) is 12.8. The smallest absolute Gasteiger partial charge is 0.160 e. The second-order valence-electron chi connectivity index (χ2n) is 4.91. The molecule has 1 aromatic carbocycles. The molecule has 4 heteroatoms. The van der Waals surface area contributed by atoms with E-state index >= 15 is 0 Å². The average molecular weight is 311 g/mol. The van der Waals surface area contributed by atoms with Crippen LogP contribution in [0.25, 0.3) is 30.9 Å². The van der Waals surface area contributed by atoms with Gasteiger partial charge in [-0.25, -0.2) is 0 Å². The zero-order valence-electron chi connectivity index (χ0n) is 11.5. The molecule has 0 fully saturated rings. The molecule has 104 valence electrons. The normalized spacial score (nSPS) is 11.5. The topological polar surface area (TPSA) is 22.0 Å². The van der Waals surface area contributed by atoms with Gasteiger partial charge in [0.05, 0.1) is 4.88 Å². The Balaban J connectivity index is 1.99. The summed E-state index contributed by atoms with van der Waals surface area (Å²) in [6.07, 6.45) is 0.920. The maximum absolute atomic E-state index is 10.9. The molecule has 0 bridgehead atoms. The van der Waals surface area contributed by atoms with E-state index < -0.39 is 0 Å². The van der Waals surface area contributed by atoms with E-state index in [1.807, 2.05) is 23.5 Å². The van der Waals surface area contributed by atoms with Gasteiger partial charge >= 0.3 is 0 Å². The summed E-state index contributed by atoms with van der Waals surface area (Å²) >= 11 is 3.37. The number of para-hydroxylation sites is 1. The molecule has 0 aliphatic rings. The fraction of sp³-hybridized carbons (Fsp3) is 0.118. The number of nitrogens with zero attached hydrogens (tertiary/aromatic N) is 1.